The summed E-state index contributed by atoms with van der Waals surface area (Å²) < 4.78 is 12.2. The minimum Gasteiger partial charge on any atom is -0.490 e. The first-order chi connectivity index (χ1) is 11.5. The zero-order valence-corrected chi connectivity index (χ0v) is 16.0. The van der Waals surface area contributed by atoms with Crippen LogP contribution in [0.25, 0.3) is 0 Å². The molecule has 0 aliphatic carbocycles. The summed E-state index contributed by atoms with van der Waals surface area (Å²) in [6, 6.07) is 9.47. The van der Waals surface area contributed by atoms with Crippen LogP contribution in [0.1, 0.15) is 18.1 Å². The molecule has 0 fully saturated rings. The molecular formula is C19H19BrClNO2. The maximum atomic E-state index is 6.03. The van der Waals surface area contributed by atoms with Gasteiger partial charge in [-0.3, -0.25) is 4.99 Å². The van der Waals surface area contributed by atoms with E-state index in [0.29, 0.717) is 29.7 Å². The van der Waals surface area contributed by atoms with Crippen molar-refractivity contribution in [3.8, 4) is 11.5 Å². The summed E-state index contributed by atoms with van der Waals surface area (Å²) in [7, 11) is 0. The standard InChI is InChI=1S/C19H19BrClNO2/c1-4-8-24-19-16(20)9-14(10-18(19)23-5-2)12-22-17-11-15(21)7-6-13(17)3/h4,6-7,9-12H,1,5,8H2,2-3H3. The van der Waals surface area contributed by atoms with Crippen LogP contribution in [0.5, 0.6) is 11.5 Å². The number of nitrogens with zero attached hydrogens (tertiary/aromatic N) is 1. The third-order valence-electron chi connectivity index (χ3n) is 3.20. The summed E-state index contributed by atoms with van der Waals surface area (Å²) in [5, 5.41) is 0.664. The summed E-state index contributed by atoms with van der Waals surface area (Å²) in [4.78, 5) is 4.53. The molecule has 0 saturated heterocycles. The summed E-state index contributed by atoms with van der Waals surface area (Å²) in [6.45, 7) is 8.55. The van der Waals surface area contributed by atoms with Gasteiger partial charge < -0.3 is 9.47 Å². The number of halogens is 2. The molecule has 5 heteroatoms. The van der Waals surface area contributed by atoms with Crippen LogP contribution < -0.4 is 9.47 Å². The Kier molecular flexibility index (Phi) is 6.88. The fraction of sp³-hybridized carbons (Fsp3) is 0.211. The smallest absolute Gasteiger partial charge is 0.175 e. The average Bonchev–Trinajstić information content (AvgIpc) is 2.55. The summed E-state index contributed by atoms with van der Waals surface area (Å²) >= 11 is 9.56. The van der Waals surface area contributed by atoms with E-state index in [0.717, 1.165) is 21.3 Å². The molecule has 0 bridgehead atoms. The Labute approximate surface area is 156 Å². The summed E-state index contributed by atoms with van der Waals surface area (Å²) in [5.74, 6) is 1.32. The van der Waals surface area contributed by atoms with E-state index in [1.165, 1.54) is 0 Å². The van der Waals surface area contributed by atoms with Crippen molar-refractivity contribution in [2.75, 3.05) is 13.2 Å². The molecule has 0 aliphatic rings. The van der Waals surface area contributed by atoms with E-state index in [1.807, 2.05) is 44.2 Å². The van der Waals surface area contributed by atoms with Gasteiger partial charge in [-0.2, -0.15) is 0 Å². The minimum atomic E-state index is 0.411. The Bertz CT molecular complexity index is 759. The third-order valence-corrected chi connectivity index (χ3v) is 4.03. The van der Waals surface area contributed by atoms with Crippen molar-refractivity contribution in [2.45, 2.75) is 13.8 Å². The van der Waals surface area contributed by atoms with Gasteiger partial charge in [-0.05, 0) is 65.2 Å². The lowest BCUT2D eigenvalue weighted by Crippen LogP contribution is -2.00. The van der Waals surface area contributed by atoms with Crippen molar-refractivity contribution in [1.29, 1.82) is 0 Å². The van der Waals surface area contributed by atoms with Crippen LogP contribution in [0.15, 0.2) is 52.5 Å². The summed E-state index contributed by atoms with van der Waals surface area (Å²) in [5.41, 5.74) is 2.80. The molecule has 0 unspecified atom stereocenters. The highest BCUT2D eigenvalue weighted by Gasteiger charge is 2.11. The van der Waals surface area contributed by atoms with Gasteiger partial charge in [-0.1, -0.05) is 30.3 Å². The maximum Gasteiger partial charge on any atom is 0.175 e. The lowest BCUT2D eigenvalue weighted by molar-refractivity contribution is 0.295. The molecule has 24 heavy (non-hydrogen) atoms. The molecule has 0 aliphatic heterocycles. The van der Waals surface area contributed by atoms with E-state index >= 15 is 0 Å². The second-order valence-corrected chi connectivity index (χ2v) is 6.34. The quantitative estimate of drug-likeness (QED) is 0.408. The zero-order valence-electron chi connectivity index (χ0n) is 13.7. The van der Waals surface area contributed by atoms with Gasteiger partial charge in [0.2, 0.25) is 0 Å². The van der Waals surface area contributed by atoms with Crippen LogP contribution in [0.3, 0.4) is 0 Å². The van der Waals surface area contributed by atoms with Gasteiger partial charge in [0, 0.05) is 11.2 Å². The lowest BCUT2D eigenvalue weighted by Gasteiger charge is -2.13. The molecule has 0 radical (unpaired) electrons. The molecule has 0 aromatic heterocycles. The predicted molar refractivity (Wildman–Crippen MR) is 104 cm³/mol. The van der Waals surface area contributed by atoms with Gasteiger partial charge >= 0.3 is 0 Å². The molecule has 2 rings (SSSR count). The van der Waals surface area contributed by atoms with E-state index in [-0.39, 0.29) is 0 Å². The molecule has 0 spiro atoms. The van der Waals surface area contributed by atoms with Crippen molar-refractivity contribution in [3.05, 3.63) is 63.6 Å². The second-order valence-electron chi connectivity index (χ2n) is 5.05. The highest BCUT2D eigenvalue weighted by molar-refractivity contribution is 9.10. The Morgan fingerprint density at radius 3 is 2.75 bits per heavy atom. The van der Waals surface area contributed by atoms with Gasteiger partial charge in [0.1, 0.15) is 6.61 Å². The molecule has 0 atom stereocenters. The molecule has 0 amide bonds. The van der Waals surface area contributed by atoms with Crippen LogP contribution >= 0.6 is 27.5 Å². The third kappa shape index (κ3) is 4.86. The molecule has 2 aromatic rings. The second kappa shape index (κ2) is 8.90. The van der Waals surface area contributed by atoms with Crippen molar-refractivity contribution in [2.24, 2.45) is 4.99 Å². The highest BCUT2D eigenvalue weighted by atomic mass is 79.9. The van der Waals surface area contributed by atoms with E-state index in [2.05, 4.69) is 27.5 Å². The van der Waals surface area contributed by atoms with Crippen LogP contribution in [0.2, 0.25) is 5.02 Å². The number of ether oxygens (including phenoxy) is 2. The Hall–Kier alpha value is -1.78. The number of hydrogen-bond acceptors (Lipinski definition) is 3. The maximum absolute atomic E-state index is 6.03. The molecule has 0 saturated carbocycles. The van der Waals surface area contributed by atoms with Gasteiger partial charge in [0.05, 0.1) is 16.8 Å². The first kappa shape index (κ1) is 18.6. The Morgan fingerprint density at radius 1 is 1.25 bits per heavy atom. The SMILES string of the molecule is C=CCOc1c(Br)cc(C=Nc2cc(Cl)ccc2C)cc1OCC. The lowest BCUT2D eigenvalue weighted by atomic mass is 10.2. The van der Waals surface area contributed by atoms with E-state index in [4.69, 9.17) is 21.1 Å². The van der Waals surface area contributed by atoms with Gasteiger partial charge in [-0.15, -0.1) is 0 Å². The zero-order chi connectivity index (χ0) is 17.5. The number of aryl methyl sites for hydroxylation is 1. The van der Waals surface area contributed by atoms with Gasteiger partial charge in [0.25, 0.3) is 0 Å². The van der Waals surface area contributed by atoms with Gasteiger partial charge in [0.15, 0.2) is 11.5 Å². The normalized spacial score (nSPS) is 10.8. The predicted octanol–water partition coefficient (Wildman–Crippen LogP) is 6.13. The van der Waals surface area contributed by atoms with Crippen molar-refractivity contribution in [3.63, 3.8) is 0 Å². The van der Waals surface area contributed by atoms with Gasteiger partial charge in [-0.25, -0.2) is 0 Å². The fourth-order valence-electron chi connectivity index (χ4n) is 2.07. The first-order valence-corrected chi connectivity index (χ1v) is 8.72. The topological polar surface area (TPSA) is 30.8 Å². The monoisotopic (exact) mass is 407 g/mol. The van der Waals surface area contributed by atoms with Crippen LogP contribution in [0, 0.1) is 6.92 Å². The van der Waals surface area contributed by atoms with E-state index < -0.39 is 0 Å². The van der Waals surface area contributed by atoms with E-state index in [9.17, 15) is 0 Å². The summed E-state index contributed by atoms with van der Waals surface area (Å²) in [6.07, 6.45) is 3.47. The largest absolute Gasteiger partial charge is 0.490 e. The van der Waals surface area contributed by atoms with Crippen molar-refractivity contribution < 1.29 is 9.47 Å². The molecule has 3 nitrogen and oxygen atoms in total. The van der Waals surface area contributed by atoms with Crippen LogP contribution in [0.4, 0.5) is 5.69 Å². The fourth-order valence-corrected chi connectivity index (χ4v) is 2.81. The van der Waals surface area contributed by atoms with Crippen LogP contribution in [-0.4, -0.2) is 19.4 Å². The molecule has 0 N–H and O–H groups in total. The van der Waals surface area contributed by atoms with Crippen LogP contribution in [-0.2, 0) is 0 Å². The Morgan fingerprint density at radius 2 is 2.04 bits per heavy atom. The number of benzene rings is 2. The van der Waals surface area contributed by atoms with Crippen molar-refractivity contribution >= 4 is 39.4 Å². The molecule has 126 valence electrons. The molecule has 0 heterocycles. The highest BCUT2D eigenvalue weighted by Crippen LogP contribution is 2.36. The average molecular weight is 409 g/mol. The first-order valence-electron chi connectivity index (χ1n) is 7.55. The number of rotatable bonds is 7. The Balaban J connectivity index is 2.34. The van der Waals surface area contributed by atoms with Crippen molar-refractivity contribution in [1.82, 2.24) is 0 Å². The molecular weight excluding hydrogens is 390 g/mol. The minimum absolute atomic E-state index is 0.411. The number of hydrogen-bond donors (Lipinski definition) is 0. The number of aliphatic imine (C=N–C) groups is 1. The molecule has 2 aromatic carbocycles. The van der Waals surface area contributed by atoms with E-state index in [1.54, 1.807) is 12.3 Å².